The van der Waals surface area contributed by atoms with Gasteiger partial charge in [-0.15, -0.1) is 0 Å². The zero-order valence-corrected chi connectivity index (χ0v) is 13.6. The van der Waals surface area contributed by atoms with Gasteiger partial charge in [-0.1, -0.05) is 38.8 Å². The van der Waals surface area contributed by atoms with Gasteiger partial charge in [-0.3, -0.25) is 4.90 Å². The van der Waals surface area contributed by atoms with Gasteiger partial charge in [0.05, 0.1) is 0 Å². The maximum atomic E-state index is 13.0. The van der Waals surface area contributed by atoms with Crippen molar-refractivity contribution in [2.24, 2.45) is 17.6 Å². The van der Waals surface area contributed by atoms with Crippen LogP contribution < -0.4 is 5.73 Å². The second-order valence-corrected chi connectivity index (χ2v) is 7.01. The highest BCUT2D eigenvalue weighted by molar-refractivity contribution is 5.16. The number of hydrogen-bond acceptors (Lipinski definition) is 2. The monoisotopic (exact) mass is 292 g/mol. The van der Waals surface area contributed by atoms with Crippen LogP contribution in [0.25, 0.3) is 0 Å². The minimum Gasteiger partial charge on any atom is -0.329 e. The van der Waals surface area contributed by atoms with Crippen LogP contribution in [0.3, 0.4) is 0 Å². The summed E-state index contributed by atoms with van der Waals surface area (Å²) in [6.07, 6.45) is 4.93. The van der Waals surface area contributed by atoms with Crippen LogP contribution in [0.4, 0.5) is 4.39 Å². The predicted molar refractivity (Wildman–Crippen MR) is 86.4 cm³/mol. The molecule has 1 fully saturated rings. The molecule has 0 spiro atoms. The summed E-state index contributed by atoms with van der Waals surface area (Å²) in [6.45, 7) is 6.17. The summed E-state index contributed by atoms with van der Waals surface area (Å²) in [6, 6.07) is 6.82. The van der Waals surface area contributed by atoms with E-state index >= 15 is 0 Å². The minimum atomic E-state index is -0.174. The van der Waals surface area contributed by atoms with Crippen LogP contribution in [0, 0.1) is 17.7 Å². The lowest BCUT2D eigenvalue weighted by Crippen LogP contribution is -2.54. The summed E-state index contributed by atoms with van der Waals surface area (Å²) in [4.78, 5) is 2.40. The van der Waals surface area contributed by atoms with Gasteiger partial charge in [-0.05, 0) is 49.4 Å². The maximum absolute atomic E-state index is 13.0. The first kappa shape index (κ1) is 16.4. The van der Waals surface area contributed by atoms with E-state index in [4.69, 9.17) is 5.73 Å². The number of hydrogen-bond donors (Lipinski definition) is 1. The molecule has 0 saturated heterocycles. The van der Waals surface area contributed by atoms with Gasteiger partial charge in [-0.2, -0.15) is 0 Å². The molecule has 0 radical (unpaired) electrons. The van der Waals surface area contributed by atoms with Crippen LogP contribution in [0.1, 0.15) is 45.1 Å². The Morgan fingerprint density at radius 1 is 1.33 bits per heavy atom. The molecule has 2 N–H and O–H groups in total. The first-order valence-electron chi connectivity index (χ1n) is 8.12. The van der Waals surface area contributed by atoms with Crippen molar-refractivity contribution < 1.29 is 4.39 Å². The fourth-order valence-electron chi connectivity index (χ4n) is 3.67. The highest BCUT2D eigenvalue weighted by Gasteiger charge is 2.39. The smallest absolute Gasteiger partial charge is 0.123 e. The molecule has 0 aliphatic heterocycles. The second-order valence-electron chi connectivity index (χ2n) is 7.01. The molecule has 1 aliphatic rings. The molecule has 0 bridgehead atoms. The van der Waals surface area contributed by atoms with Gasteiger partial charge in [0.1, 0.15) is 5.82 Å². The Kier molecular flexibility index (Phi) is 5.39. The van der Waals surface area contributed by atoms with E-state index in [1.54, 1.807) is 0 Å². The molecule has 2 unspecified atom stereocenters. The third kappa shape index (κ3) is 3.83. The number of benzene rings is 1. The molecule has 118 valence electrons. The summed E-state index contributed by atoms with van der Waals surface area (Å²) < 4.78 is 13.0. The molecule has 0 heterocycles. The lowest BCUT2D eigenvalue weighted by Gasteiger charge is -2.47. The number of likely N-dealkylation sites (N-methyl/N-ethyl adjacent to an activating group) is 1. The lowest BCUT2D eigenvalue weighted by atomic mass is 9.71. The SMILES string of the molecule is CC(C)C1CCCC(CN)(N(C)Cc2ccc(F)cc2)C1. The average Bonchev–Trinajstić information content (AvgIpc) is 2.49. The van der Waals surface area contributed by atoms with Crippen LogP contribution in [0.2, 0.25) is 0 Å². The van der Waals surface area contributed by atoms with Crippen molar-refractivity contribution >= 4 is 0 Å². The van der Waals surface area contributed by atoms with E-state index in [1.165, 1.54) is 37.8 Å². The Balaban J connectivity index is 2.09. The Morgan fingerprint density at radius 3 is 2.57 bits per heavy atom. The van der Waals surface area contributed by atoms with E-state index in [0.29, 0.717) is 6.54 Å². The molecule has 1 saturated carbocycles. The van der Waals surface area contributed by atoms with E-state index < -0.39 is 0 Å². The van der Waals surface area contributed by atoms with Gasteiger partial charge < -0.3 is 5.73 Å². The van der Waals surface area contributed by atoms with Gasteiger partial charge in [0.15, 0.2) is 0 Å². The zero-order valence-electron chi connectivity index (χ0n) is 13.6. The Labute approximate surface area is 128 Å². The van der Waals surface area contributed by atoms with Gasteiger partial charge in [0.2, 0.25) is 0 Å². The first-order valence-corrected chi connectivity index (χ1v) is 8.12. The molecule has 1 aliphatic carbocycles. The van der Waals surface area contributed by atoms with Gasteiger partial charge in [0.25, 0.3) is 0 Å². The van der Waals surface area contributed by atoms with Gasteiger partial charge >= 0.3 is 0 Å². The van der Waals surface area contributed by atoms with E-state index in [2.05, 4.69) is 25.8 Å². The van der Waals surface area contributed by atoms with Crippen LogP contribution in [0.5, 0.6) is 0 Å². The highest BCUT2D eigenvalue weighted by atomic mass is 19.1. The highest BCUT2D eigenvalue weighted by Crippen LogP contribution is 2.39. The van der Waals surface area contributed by atoms with Crippen LogP contribution >= 0.6 is 0 Å². The molecule has 0 amide bonds. The van der Waals surface area contributed by atoms with E-state index in [1.807, 2.05) is 12.1 Å². The summed E-state index contributed by atoms with van der Waals surface area (Å²) in [7, 11) is 2.17. The van der Waals surface area contributed by atoms with Gasteiger partial charge in [0, 0.05) is 18.6 Å². The number of nitrogens with zero attached hydrogens (tertiary/aromatic N) is 1. The summed E-state index contributed by atoms with van der Waals surface area (Å²) >= 11 is 0. The molecular formula is C18H29FN2. The van der Waals surface area contributed by atoms with Gasteiger partial charge in [-0.25, -0.2) is 4.39 Å². The standard InChI is InChI=1S/C18H29FN2/c1-14(2)16-5-4-10-18(11-16,13-20)21(3)12-15-6-8-17(19)9-7-15/h6-9,14,16H,4-5,10-13,20H2,1-3H3. The van der Waals surface area contributed by atoms with Crippen molar-refractivity contribution in [3.8, 4) is 0 Å². The molecule has 2 atom stereocenters. The molecule has 2 rings (SSSR count). The molecule has 2 nitrogen and oxygen atoms in total. The normalized spacial score (nSPS) is 26.5. The second kappa shape index (κ2) is 6.89. The summed E-state index contributed by atoms with van der Waals surface area (Å²) in [5.74, 6) is 1.31. The molecule has 1 aromatic carbocycles. The van der Waals surface area contributed by atoms with E-state index in [0.717, 1.165) is 23.9 Å². The van der Waals surface area contributed by atoms with Crippen LogP contribution in [-0.2, 0) is 6.54 Å². The van der Waals surface area contributed by atoms with Crippen molar-refractivity contribution in [2.45, 2.75) is 51.6 Å². The van der Waals surface area contributed by atoms with Crippen LogP contribution in [0.15, 0.2) is 24.3 Å². The zero-order chi connectivity index (χ0) is 15.5. The molecule has 1 aromatic rings. The molecular weight excluding hydrogens is 263 g/mol. The molecule has 3 heteroatoms. The van der Waals surface area contributed by atoms with Crippen molar-refractivity contribution in [1.82, 2.24) is 4.90 Å². The number of nitrogens with two attached hydrogens (primary N) is 1. The van der Waals surface area contributed by atoms with Crippen molar-refractivity contribution in [3.05, 3.63) is 35.6 Å². The largest absolute Gasteiger partial charge is 0.329 e. The average molecular weight is 292 g/mol. The summed E-state index contributed by atoms with van der Waals surface area (Å²) in [5.41, 5.74) is 7.43. The fraction of sp³-hybridized carbons (Fsp3) is 0.667. The Bertz CT molecular complexity index is 443. The molecule has 21 heavy (non-hydrogen) atoms. The van der Waals surface area contributed by atoms with E-state index in [-0.39, 0.29) is 11.4 Å². The first-order chi connectivity index (χ1) is 9.97. The number of rotatable bonds is 5. The summed E-state index contributed by atoms with van der Waals surface area (Å²) in [5, 5.41) is 0. The third-order valence-electron chi connectivity index (χ3n) is 5.32. The Morgan fingerprint density at radius 2 is 2.00 bits per heavy atom. The van der Waals surface area contributed by atoms with Crippen LogP contribution in [-0.4, -0.2) is 24.0 Å². The maximum Gasteiger partial charge on any atom is 0.123 e. The van der Waals surface area contributed by atoms with Crippen molar-refractivity contribution in [3.63, 3.8) is 0 Å². The van der Waals surface area contributed by atoms with E-state index in [9.17, 15) is 4.39 Å². The topological polar surface area (TPSA) is 29.3 Å². The Hall–Kier alpha value is -0.930. The minimum absolute atomic E-state index is 0.0988. The number of halogens is 1. The third-order valence-corrected chi connectivity index (χ3v) is 5.32. The quantitative estimate of drug-likeness (QED) is 0.894. The predicted octanol–water partition coefficient (Wildman–Crippen LogP) is 3.80. The van der Waals surface area contributed by atoms with Crippen molar-refractivity contribution in [2.75, 3.05) is 13.6 Å². The molecule has 0 aromatic heterocycles. The van der Waals surface area contributed by atoms with Crippen molar-refractivity contribution in [1.29, 1.82) is 0 Å². The fourth-order valence-corrected chi connectivity index (χ4v) is 3.67. The lowest BCUT2D eigenvalue weighted by molar-refractivity contribution is 0.0396.